The number of Topliss-reactive ketones (excluding diaryl/α,β-unsaturated/α-hetero) is 1. The highest BCUT2D eigenvalue weighted by molar-refractivity contribution is 5.87. The third-order valence-electron chi connectivity index (χ3n) is 10.7. The number of fused-ring (bicyclic) bond motifs is 5. The Bertz CT molecular complexity index is 1250. The molecule has 3 aliphatic heterocycles. The van der Waals surface area contributed by atoms with Crippen LogP contribution in [0, 0.1) is 17.8 Å². The van der Waals surface area contributed by atoms with Crippen molar-refractivity contribution in [2.24, 2.45) is 17.8 Å². The summed E-state index contributed by atoms with van der Waals surface area (Å²) in [6.45, 7) is 6.23. The number of piperidine rings is 1. The van der Waals surface area contributed by atoms with Crippen LogP contribution in [0.5, 0.6) is 0 Å². The number of nitrogens with zero attached hydrogens (tertiary/aromatic N) is 4. The lowest BCUT2D eigenvalue weighted by Gasteiger charge is -2.55. The third kappa shape index (κ3) is 4.12. The highest BCUT2D eigenvalue weighted by Gasteiger charge is 2.47. The van der Waals surface area contributed by atoms with E-state index in [1.54, 1.807) is 6.92 Å². The maximum absolute atomic E-state index is 14.1. The Kier molecular flexibility index (Phi) is 6.35. The first-order valence-electron chi connectivity index (χ1n) is 15.1. The molecule has 1 aromatic carbocycles. The highest BCUT2D eigenvalue weighted by Crippen LogP contribution is 2.47. The van der Waals surface area contributed by atoms with Crippen molar-refractivity contribution in [2.75, 3.05) is 24.7 Å². The van der Waals surface area contributed by atoms with Crippen molar-refractivity contribution in [3.8, 4) is 0 Å². The number of ether oxygens (including phenoxy) is 1. The van der Waals surface area contributed by atoms with Crippen molar-refractivity contribution in [2.45, 2.75) is 102 Å². The van der Waals surface area contributed by atoms with Gasteiger partial charge < -0.3 is 14.2 Å². The lowest BCUT2D eigenvalue weighted by molar-refractivity contribution is -0.120. The normalized spacial score (nSPS) is 37.2. The maximum Gasteiger partial charge on any atom is 0.294 e. The van der Waals surface area contributed by atoms with Crippen LogP contribution in [0.25, 0.3) is 11.0 Å². The Labute approximate surface area is 225 Å². The molecule has 0 amide bonds. The maximum atomic E-state index is 14.1. The topological polar surface area (TPSA) is 67.7 Å². The Hall–Kier alpha value is -2.25. The van der Waals surface area contributed by atoms with Crippen molar-refractivity contribution in [1.29, 1.82) is 0 Å². The first-order valence-corrected chi connectivity index (χ1v) is 15.1. The molecule has 5 fully saturated rings. The van der Waals surface area contributed by atoms with E-state index in [-0.39, 0.29) is 23.4 Å². The largest absolute Gasteiger partial charge is 0.378 e. The van der Waals surface area contributed by atoms with Crippen LogP contribution in [0.2, 0.25) is 0 Å². The first kappa shape index (κ1) is 24.8. The van der Waals surface area contributed by atoms with Crippen LogP contribution in [-0.2, 0) is 9.53 Å². The van der Waals surface area contributed by atoms with Gasteiger partial charge in [-0.05, 0) is 88.2 Å². The summed E-state index contributed by atoms with van der Waals surface area (Å²) in [6, 6.07) is 9.30. The van der Waals surface area contributed by atoms with Gasteiger partial charge in [-0.25, -0.2) is 4.98 Å². The van der Waals surface area contributed by atoms with Crippen LogP contribution in [0.15, 0.2) is 29.1 Å². The van der Waals surface area contributed by atoms with Crippen LogP contribution in [0.4, 0.5) is 5.82 Å². The van der Waals surface area contributed by atoms with Crippen LogP contribution >= 0.6 is 0 Å². The molecule has 4 heterocycles. The third-order valence-corrected chi connectivity index (χ3v) is 10.7. The van der Waals surface area contributed by atoms with Crippen molar-refractivity contribution < 1.29 is 9.53 Å². The Morgan fingerprint density at radius 2 is 1.66 bits per heavy atom. The van der Waals surface area contributed by atoms with Gasteiger partial charge in [0, 0.05) is 30.7 Å². The van der Waals surface area contributed by atoms with Crippen molar-refractivity contribution in [1.82, 2.24) is 14.5 Å². The molecule has 3 saturated heterocycles. The molecule has 2 aromatic rings. The second-order valence-corrected chi connectivity index (χ2v) is 13.0. The summed E-state index contributed by atoms with van der Waals surface area (Å²) < 4.78 is 8.17. The van der Waals surface area contributed by atoms with Crippen LogP contribution in [0.1, 0.15) is 77.7 Å². The first-order chi connectivity index (χ1) is 18.5. The summed E-state index contributed by atoms with van der Waals surface area (Å²) in [5.41, 5.74) is 1.71. The molecule has 0 spiro atoms. The highest BCUT2D eigenvalue weighted by atomic mass is 16.5. The van der Waals surface area contributed by atoms with E-state index in [9.17, 15) is 9.59 Å². The number of carbonyl (C=O) groups is 1. The number of hydrogen-bond acceptors (Lipinski definition) is 6. The summed E-state index contributed by atoms with van der Waals surface area (Å²) >= 11 is 0. The van der Waals surface area contributed by atoms with Gasteiger partial charge >= 0.3 is 0 Å². The van der Waals surface area contributed by atoms with Crippen molar-refractivity contribution >= 4 is 22.6 Å². The summed E-state index contributed by atoms with van der Waals surface area (Å²) in [7, 11) is 0. The molecule has 204 valence electrons. The van der Waals surface area contributed by atoms with Crippen molar-refractivity contribution in [3.05, 3.63) is 34.6 Å². The molecule has 5 aliphatic rings. The lowest BCUT2D eigenvalue weighted by atomic mass is 9.65. The smallest absolute Gasteiger partial charge is 0.294 e. The fourth-order valence-electron chi connectivity index (χ4n) is 9.01. The van der Waals surface area contributed by atoms with Gasteiger partial charge in [0.1, 0.15) is 0 Å². The quantitative estimate of drug-likeness (QED) is 0.578. The number of hydrogen-bond donors (Lipinski definition) is 0. The van der Waals surface area contributed by atoms with E-state index in [2.05, 4.69) is 11.8 Å². The molecular weight excluding hydrogens is 476 g/mol. The number of carbonyl (C=O) groups excluding carboxylic acids is 1. The molecule has 4 bridgehead atoms. The second kappa shape index (κ2) is 9.74. The monoisotopic (exact) mass is 518 g/mol. The predicted molar refractivity (Wildman–Crippen MR) is 149 cm³/mol. The molecule has 5 atom stereocenters. The van der Waals surface area contributed by atoms with E-state index in [0.29, 0.717) is 30.5 Å². The van der Waals surface area contributed by atoms with E-state index in [1.165, 1.54) is 38.5 Å². The molecule has 0 radical (unpaired) electrons. The Balaban J connectivity index is 1.20. The van der Waals surface area contributed by atoms with E-state index in [1.807, 2.05) is 33.7 Å². The number of benzene rings is 1. The van der Waals surface area contributed by atoms with E-state index >= 15 is 0 Å². The standard InChI is InChI=1S/C31H42N4O3/c1-3-20-10-21-12-22(11-20)14-23(13-21)34-25-15-24(16-26(34)18-38-17-25)35-29-7-5-4-6-27(29)32-30(31(35)37)33-9-8-28(33)19(2)36/h4-7,20-26,28H,3,8-18H2,1-2H3. The number of anilines is 1. The molecule has 38 heavy (non-hydrogen) atoms. The molecule has 2 aliphatic carbocycles. The van der Waals surface area contributed by atoms with Gasteiger partial charge in [-0.3, -0.25) is 14.5 Å². The zero-order chi connectivity index (χ0) is 26.0. The molecule has 0 N–H and O–H groups in total. The minimum atomic E-state index is -0.225. The Morgan fingerprint density at radius 1 is 0.947 bits per heavy atom. The number of aromatic nitrogens is 2. The molecule has 7 heteroatoms. The van der Waals surface area contributed by atoms with Gasteiger partial charge in [0.05, 0.1) is 30.3 Å². The van der Waals surface area contributed by atoms with Gasteiger partial charge in [-0.2, -0.15) is 0 Å². The molecular formula is C31H42N4O3. The SMILES string of the molecule is CCC1CC2CC(C1)CC(N1C3COCC1CC(n1c(=O)c(N4CCC4C(C)=O)nc4ccccc41)C3)C2. The van der Waals surface area contributed by atoms with Gasteiger partial charge in [-0.15, -0.1) is 0 Å². The zero-order valence-electron chi connectivity index (χ0n) is 22.9. The number of para-hydroxylation sites is 2. The average molecular weight is 519 g/mol. The van der Waals surface area contributed by atoms with Gasteiger partial charge in [-0.1, -0.05) is 25.5 Å². The van der Waals surface area contributed by atoms with Crippen molar-refractivity contribution in [3.63, 3.8) is 0 Å². The van der Waals surface area contributed by atoms with E-state index in [0.717, 1.165) is 61.3 Å². The van der Waals surface area contributed by atoms with Gasteiger partial charge in [0.25, 0.3) is 5.56 Å². The van der Waals surface area contributed by atoms with Gasteiger partial charge in [0.15, 0.2) is 11.6 Å². The summed E-state index contributed by atoms with van der Waals surface area (Å²) in [6.07, 6.45) is 11.0. The van der Waals surface area contributed by atoms with E-state index < -0.39 is 0 Å². The average Bonchev–Trinajstić information content (AvgIpc) is 2.87. The van der Waals surface area contributed by atoms with E-state index in [4.69, 9.17) is 9.72 Å². The summed E-state index contributed by atoms with van der Waals surface area (Å²) in [5, 5.41) is 0. The second-order valence-electron chi connectivity index (χ2n) is 13.0. The summed E-state index contributed by atoms with van der Waals surface area (Å²) in [4.78, 5) is 35.9. The fraction of sp³-hybridized carbons (Fsp3) is 0.710. The molecule has 7 rings (SSSR count). The molecule has 7 nitrogen and oxygen atoms in total. The lowest BCUT2D eigenvalue weighted by Crippen LogP contribution is -2.62. The molecule has 2 saturated carbocycles. The predicted octanol–water partition coefficient (Wildman–Crippen LogP) is 4.57. The summed E-state index contributed by atoms with van der Waals surface area (Å²) in [5.74, 6) is 3.27. The number of morpholine rings is 1. The Morgan fingerprint density at radius 3 is 2.29 bits per heavy atom. The minimum absolute atomic E-state index is 0.0371. The minimum Gasteiger partial charge on any atom is -0.378 e. The molecule has 5 unspecified atom stereocenters. The number of ketones is 1. The number of rotatable bonds is 5. The molecule has 1 aromatic heterocycles. The van der Waals surface area contributed by atoms with Crippen LogP contribution in [-0.4, -0.2) is 64.2 Å². The van der Waals surface area contributed by atoms with Crippen LogP contribution in [0.3, 0.4) is 0 Å². The fourth-order valence-corrected chi connectivity index (χ4v) is 9.01. The zero-order valence-corrected chi connectivity index (χ0v) is 22.9. The van der Waals surface area contributed by atoms with Crippen LogP contribution < -0.4 is 10.5 Å². The van der Waals surface area contributed by atoms with Gasteiger partial charge in [0.2, 0.25) is 0 Å².